The number of isocyanates is 1. The van der Waals surface area contributed by atoms with E-state index < -0.39 is 18.5 Å². The number of amides is 2. The number of carboxylic acids is 1. The molecule has 2 N–H and O–H groups in total. The fourth-order valence-corrected chi connectivity index (χ4v) is 0.852. The molecule has 0 aromatic carbocycles. The Morgan fingerprint density at radius 2 is 2.19 bits per heavy atom. The molecule has 0 aliphatic heterocycles. The summed E-state index contributed by atoms with van der Waals surface area (Å²) < 4.78 is 0. The zero-order valence-corrected chi connectivity index (χ0v) is 8.34. The molecule has 86 valence electrons. The van der Waals surface area contributed by atoms with Crippen molar-refractivity contribution in [3.63, 3.8) is 0 Å². The molecule has 0 bridgehead atoms. The molecule has 0 atom stereocenters. The number of aliphatic carboxylic acids is 1. The molecule has 0 radical (unpaired) electrons. The second-order valence-corrected chi connectivity index (χ2v) is 2.61. The molecular formula is C8H10N4O4. The van der Waals surface area contributed by atoms with Crippen molar-refractivity contribution in [2.45, 2.75) is 6.42 Å². The fourth-order valence-electron chi connectivity index (χ4n) is 0.852. The van der Waals surface area contributed by atoms with Crippen LogP contribution >= 0.6 is 0 Å². The van der Waals surface area contributed by atoms with Crippen LogP contribution in [-0.2, 0) is 9.59 Å². The summed E-state index contributed by atoms with van der Waals surface area (Å²) in [6.07, 6.45) is 1.24. The van der Waals surface area contributed by atoms with Gasteiger partial charge < -0.3 is 15.3 Å². The van der Waals surface area contributed by atoms with Gasteiger partial charge in [-0.05, 0) is 0 Å². The number of hydrogen-bond acceptors (Lipinski definition) is 5. The van der Waals surface area contributed by atoms with Gasteiger partial charge in [0.2, 0.25) is 6.08 Å². The molecule has 0 rings (SSSR count). The maximum atomic E-state index is 11.3. The minimum Gasteiger partial charge on any atom is -0.480 e. The van der Waals surface area contributed by atoms with Crippen molar-refractivity contribution >= 4 is 18.1 Å². The number of aliphatic imine (C=N–C) groups is 1. The van der Waals surface area contributed by atoms with E-state index in [-0.39, 0.29) is 19.6 Å². The van der Waals surface area contributed by atoms with Crippen LogP contribution in [0.4, 0.5) is 4.79 Å². The number of carbonyl (C=O) groups is 2. The van der Waals surface area contributed by atoms with Crippen LogP contribution in [0.25, 0.3) is 0 Å². The zero-order valence-electron chi connectivity index (χ0n) is 8.34. The number of urea groups is 1. The first kappa shape index (κ1) is 13.6. The number of carbonyl (C=O) groups excluding carboxylic acids is 2. The molecule has 0 aromatic rings. The lowest BCUT2D eigenvalue weighted by Gasteiger charge is -2.18. The van der Waals surface area contributed by atoms with E-state index in [2.05, 4.69) is 10.3 Å². The third kappa shape index (κ3) is 6.12. The Morgan fingerprint density at radius 1 is 1.50 bits per heavy atom. The lowest BCUT2D eigenvalue weighted by Crippen LogP contribution is -2.43. The lowest BCUT2D eigenvalue weighted by molar-refractivity contribution is -0.137. The zero-order chi connectivity index (χ0) is 12.4. The Kier molecular flexibility index (Phi) is 6.77. The van der Waals surface area contributed by atoms with E-state index in [1.54, 1.807) is 6.07 Å². The van der Waals surface area contributed by atoms with Gasteiger partial charge in [0.25, 0.3) is 0 Å². The minimum atomic E-state index is -1.19. The van der Waals surface area contributed by atoms with E-state index in [1.165, 1.54) is 6.08 Å². The van der Waals surface area contributed by atoms with Gasteiger partial charge in [-0.2, -0.15) is 10.3 Å². The summed E-state index contributed by atoms with van der Waals surface area (Å²) in [6, 6.07) is 1.10. The monoisotopic (exact) mass is 226 g/mol. The molecule has 8 nitrogen and oxygen atoms in total. The summed E-state index contributed by atoms with van der Waals surface area (Å²) >= 11 is 0. The number of rotatable bonds is 6. The third-order valence-corrected chi connectivity index (χ3v) is 1.48. The van der Waals surface area contributed by atoms with Gasteiger partial charge in [-0.25, -0.2) is 9.59 Å². The highest BCUT2D eigenvalue weighted by molar-refractivity contribution is 5.80. The van der Waals surface area contributed by atoms with Crippen molar-refractivity contribution in [1.29, 1.82) is 5.26 Å². The van der Waals surface area contributed by atoms with Gasteiger partial charge in [-0.1, -0.05) is 0 Å². The van der Waals surface area contributed by atoms with Crippen molar-refractivity contribution in [3.8, 4) is 6.07 Å². The van der Waals surface area contributed by atoms with Crippen LogP contribution in [0, 0.1) is 11.3 Å². The average molecular weight is 226 g/mol. The Hall–Kier alpha value is -2.39. The fraction of sp³-hybridized carbons (Fsp3) is 0.500. The molecule has 0 spiro atoms. The number of nitrogens with one attached hydrogen (secondary N) is 1. The van der Waals surface area contributed by atoms with Gasteiger partial charge in [0.15, 0.2) is 0 Å². The van der Waals surface area contributed by atoms with Crippen molar-refractivity contribution in [1.82, 2.24) is 10.2 Å². The minimum absolute atomic E-state index is 0.000559. The van der Waals surface area contributed by atoms with Crippen LogP contribution < -0.4 is 5.32 Å². The second kappa shape index (κ2) is 7.96. The van der Waals surface area contributed by atoms with Crippen LogP contribution in [0.15, 0.2) is 4.99 Å². The Bertz CT molecular complexity index is 342. The van der Waals surface area contributed by atoms with Gasteiger partial charge in [0, 0.05) is 6.54 Å². The van der Waals surface area contributed by atoms with Crippen LogP contribution in [0.3, 0.4) is 0 Å². The normalized spacial score (nSPS) is 8.44. The quantitative estimate of drug-likeness (QED) is 0.457. The lowest BCUT2D eigenvalue weighted by atomic mass is 10.4. The maximum Gasteiger partial charge on any atom is 0.323 e. The van der Waals surface area contributed by atoms with E-state index >= 15 is 0 Å². The van der Waals surface area contributed by atoms with Crippen LogP contribution in [-0.4, -0.2) is 47.8 Å². The topological polar surface area (TPSA) is 123 Å². The maximum absolute atomic E-state index is 11.3. The van der Waals surface area contributed by atoms with Crippen molar-refractivity contribution in [2.75, 3.05) is 19.8 Å². The first-order valence-electron chi connectivity index (χ1n) is 4.27. The second-order valence-electron chi connectivity index (χ2n) is 2.61. The summed E-state index contributed by atoms with van der Waals surface area (Å²) in [7, 11) is 0. The number of nitriles is 1. The number of hydrogen-bond donors (Lipinski definition) is 2. The molecule has 0 saturated carbocycles. The molecule has 0 aromatic heterocycles. The van der Waals surface area contributed by atoms with Crippen LogP contribution in [0.2, 0.25) is 0 Å². The van der Waals surface area contributed by atoms with Gasteiger partial charge in [0.1, 0.15) is 13.2 Å². The van der Waals surface area contributed by atoms with E-state index in [1.807, 2.05) is 0 Å². The Labute approximate surface area is 91.2 Å². The average Bonchev–Trinajstić information content (AvgIpc) is 2.23. The van der Waals surface area contributed by atoms with Gasteiger partial charge >= 0.3 is 12.0 Å². The first-order valence-corrected chi connectivity index (χ1v) is 4.27. The Balaban J connectivity index is 4.25. The summed E-state index contributed by atoms with van der Waals surface area (Å²) in [5.74, 6) is -1.19. The molecule has 0 aliphatic rings. The van der Waals surface area contributed by atoms with Crippen LogP contribution in [0.1, 0.15) is 6.42 Å². The van der Waals surface area contributed by atoms with E-state index in [4.69, 9.17) is 10.4 Å². The molecule has 0 saturated heterocycles. The SMILES string of the molecule is N#CCCN(CC(=O)O)C(=O)NCN=C=O. The smallest absolute Gasteiger partial charge is 0.323 e. The molecule has 0 heterocycles. The van der Waals surface area contributed by atoms with Crippen molar-refractivity contribution in [3.05, 3.63) is 0 Å². The predicted molar refractivity (Wildman–Crippen MR) is 51.0 cm³/mol. The highest BCUT2D eigenvalue weighted by atomic mass is 16.4. The molecule has 0 fully saturated rings. The van der Waals surface area contributed by atoms with Gasteiger partial charge in [-0.3, -0.25) is 4.79 Å². The summed E-state index contributed by atoms with van der Waals surface area (Å²) in [6.45, 7) is -0.789. The molecule has 2 amide bonds. The molecule has 8 heteroatoms. The van der Waals surface area contributed by atoms with Crippen molar-refractivity contribution in [2.24, 2.45) is 4.99 Å². The molecular weight excluding hydrogens is 216 g/mol. The highest BCUT2D eigenvalue weighted by Crippen LogP contribution is 1.92. The van der Waals surface area contributed by atoms with E-state index in [0.29, 0.717) is 0 Å². The number of nitrogens with zero attached hydrogens (tertiary/aromatic N) is 3. The van der Waals surface area contributed by atoms with E-state index in [9.17, 15) is 14.4 Å². The van der Waals surface area contributed by atoms with Gasteiger partial charge in [0.05, 0.1) is 12.5 Å². The first-order chi connectivity index (χ1) is 7.61. The largest absolute Gasteiger partial charge is 0.480 e. The molecule has 0 aliphatic carbocycles. The molecule has 0 unspecified atom stereocenters. The molecule has 16 heavy (non-hydrogen) atoms. The summed E-state index contributed by atoms with van der Waals surface area (Å²) in [5, 5.41) is 19.0. The summed E-state index contributed by atoms with van der Waals surface area (Å²) in [5.41, 5.74) is 0. The van der Waals surface area contributed by atoms with Crippen molar-refractivity contribution < 1.29 is 19.5 Å². The van der Waals surface area contributed by atoms with Crippen LogP contribution in [0.5, 0.6) is 0 Å². The summed E-state index contributed by atoms with van der Waals surface area (Å²) in [4.78, 5) is 35.5. The number of carboxylic acid groups (broad SMARTS) is 1. The Morgan fingerprint density at radius 3 is 2.69 bits per heavy atom. The third-order valence-electron chi connectivity index (χ3n) is 1.48. The standard InChI is InChI=1S/C8H10N4O4/c9-2-1-3-12(4-7(14)15)8(16)11-5-10-6-13/h1,3-5H2,(H,11,16)(H,14,15). The van der Waals surface area contributed by atoms with Gasteiger partial charge in [-0.15, -0.1) is 0 Å². The van der Waals surface area contributed by atoms with E-state index in [0.717, 1.165) is 4.90 Å². The predicted octanol–water partition coefficient (Wildman–Crippen LogP) is -0.710. The highest BCUT2D eigenvalue weighted by Gasteiger charge is 2.15.